The van der Waals surface area contributed by atoms with Gasteiger partial charge in [-0.05, 0) is 40.5 Å². The van der Waals surface area contributed by atoms with E-state index in [1.54, 1.807) is 20.8 Å². The van der Waals surface area contributed by atoms with Gasteiger partial charge in [-0.2, -0.15) is 0 Å². The van der Waals surface area contributed by atoms with Crippen LogP contribution in [0.5, 0.6) is 0 Å². The molecule has 91 valence electrons. The highest BCUT2D eigenvalue weighted by molar-refractivity contribution is 5.88. The summed E-state index contributed by atoms with van der Waals surface area (Å²) in [7, 11) is 0. The van der Waals surface area contributed by atoms with Crippen molar-refractivity contribution in [2.24, 2.45) is 0 Å². The van der Waals surface area contributed by atoms with Gasteiger partial charge in [0.1, 0.15) is 11.1 Å². The van der Waals surface area contributed by atoms with Crippen LogP contribution < -0.4 is 5.32 Å². The number of carbonyl (C=O) groups excluding carboxylic acids is 2. The summed E-state index contributed by atoms with van der Waals surface area (Å²) in [6.07, 6.45) is 0.585. The number of rotatable bonds is 3. The van der Waals surface area contributed by atoms with Gasteiger partial charge in [-0.15, -0.1) is 0 Å². The van der Waals surface area contributed by atoms with E-state index >= 15 is 0 Å². The summed E-state index contributed by atoms with van der Waals surface area (Å²) in [4.78, 5) is 23.0. The topological polar surface area (TPSA) is 64.6 Å². The lowest BCUT2D eigenvalue weighted by atomic mass is 10.2. The van der Waals surface area contributed by atoms with Gasteiger partial charge in [0.2, 0.25) is 0 Å². The van der Waals surface area contributed by atoms with E-state index in [0.29, 0.717) is 12.8 Å². The molecule has 0 heterocycles. The Balaban J connectivity index is 2.48. The Labute approximate surface area is 95.5 Å². The van der Waals surface area contributed by atoms with Crippen LogP contribution in [0.25, 0.3) is 0 Å². The number of alkyl carbamates (subject to hydrolysis) is 1. The van der Waals surface area contributed by atoms with E-state index in [4.69, 9.17) is 9.47 Å². The largest absolute Gasteiger partial charge is 0.464 e. The molecule has 1 radical (unpaired) electrons. The van der Waals surface area contributed by atoms with Crippen LogP contribution in [0.2, 0.25) is 0 Å². The zero-order valence-corrected chi connectivity index (χ0v) is 9.96. The predicted molar refractivity (Wildman–Crippen MR) is 57.7 cm³/mol. The van der Waals surface area contributed by atoms with E-state index in [9.17, 15) is 9.59 Å². The molecule has 0 spiro atoms. The van der Waals surface area contributed by atoms with Crippen LogP contribution in [0.15, 0.2) is 0 Å². The zero-order chi connectivity index (χ0) is 12.4. The first-order valence-corrected chi connectivity index (χ1v) is 5.27. The van der Waals surface area contributed by atoms with Gasteiger partial charge < -0.3 is 14.8 Å². The van der Waals surface area contributed by atoms with E-state index in [0.717, 1.165) is 0 Å². The maximum Gasteiger partial charge on any atom is 0.408 e. The quantitative estimate of drug-likeness (QED) is 0.742. The predicted octanol–water partition coefficient (Wildman–Crippen LogP) is 1.42. The second-order valence-corrected chi connectivity index (χ2v) is 4.84. The fourth-order valence-corrected chi connectivity index (χ4v) is 1.23. The summed E-state index contributed by atoms with van der Waals surface area (Å²) >= 11 is 0. The Morgan fingerprint density at radius 3 is 2.31 bits per heavy atom. The SMILES string of the molecule is [CH2]COC(=O)C1(NC(=O)OC(C)(C)C)CC1. The molecule has 1 rings (SSSR count). The lowest BCUT2D eigenvalue weighted by molar-refractivity contribution is -0.146. The van der Waals surface area contributed by atoms with Crippen molar-refractivity contribution in [3.05, 3.63) is 6.92 Å². The van der Waals surface area contributed by atoms with E-state index in [2.05, 4.69) is 12.2 Å². The summed E-state index contributed by atoms with van der Waals surface area (Å²) in [5, 5.41) is 2.55. The van der Waals surface area contributed by atoms with Crippen molar-refractivity contribution < 1.29 is 19.1 Å². The van der Waals surface area contributed by atoms with Crippen molar-refractivity contribution in [3.8, 4) is 0 Å². The Kier molecular flexibility index (Phi) is 3.45. The molecule has 1 saturated carbocycles. The van der Waals surface area contributed by atoms with Gasteiger partial charge in [-0.25, -0.2) is 9.59 Å². The minimum absolute atomic E-state index is 0.0661. The third-order valence-electron chi connectivity index (χ3n) is 2.11. The molecule has 1 N–H and O–H groups in total. The van der Waals surface area contributed by atoms with Gasteiger partial charge in [-0.3, -0.25) is 0 Å². The van der Waals surface area contributed by atoms with Crippen molar-refractivity contribution in [1.29, 1.82) is 0 Å². The fourth-order valence-electron chi connectivity index (χ4n) is 1.23. The molecule has 0 aromatic heterocycles. The van der Waals surface area contributed by atoms with Crippen LogP contribution in [0.4, 0.5) is 4.79 Å². The van der Waals surface area contributed by atoms with Crippen molar-refractivity contribution in [1.82, 2.24) is 5.32 Å². The Morgan fingerprint density at radius 2 is 1.94 bits per heavy atom. The van der Waals surface area contributed by atoms with Crippen molar-refractivity contribution in [3.63, 3.8) is 0 Å². The number of hydrogen-bond donors (Lipinski definition) is 1. The number of hydrogen-bond acceptors (Lipinski definition) is 4. The molecule has 0 saturated heterocycles. The van der Waals surface area contributed by atoms with Gasteiger partial charge in [0.05, 0.1) is 6.61 Å². The first-order valence-electron chi connectivity index (χ1n) is 5.27. The average molecular weight is 228 g/mol. The molecule has 0 unspecified atom stereocenters. The molecule has 0 bridgehead atoms. The molecule has 0 aliphatic heterocycles. The summed E-state index contributed by atoms with van der Waals surface area (Å²) in [6.45, 7) is 8.78. The standard InChI is InChI=1S/C11H18NO4/c1-5-15-8(13)11(6-7-11)12-9(14)16-10(2,3)4/h1,5-7H2,2-4H3,(H,12,14). The molecule has 1 amide bonds. The van der Waals surface area contributed by atoms with Crippen molar-refractivity contribution in [2.45, 2.75) is 44.8 Å². The monoisotopic (exact) mass is 228 g/mol. The molecule has 0 aromatic carbocycles. The maximum absolute atomic E-state index is 11.5. The summed E-state index contributed by atoms with van der Waals surface area (Å²) in [6, 6.07) is 0. The number of amides is 1. The third kappa shape index (κ3) is 3.40. The minimum Gasteiger partial charge on any atom is -0.464 e. The summed E-state index contributed by atoms with van der Waals surface area (Å²) < 4.78 is 9.85. The number of esters is 1. The molecule has 0 aromatic rings. The molecule has 5 heteroatoms. The highest BCUT2D eigenvalue weighted by Crippen LogP contribution is 2.36. The fraction of sp³-hybridized carbons (Fsp3) is 0.727. The maximum atomic E-state index is 11.5. The lowest BCUT2D eigenvalue weighted by Crippen LogP contribution is -2.46. The average Bonchev–Trinajstić information content (AvgIpc) is 2.82. The molecular formula is C11H18NO4. The second kappa shape index (κ2) is 4.31. The first-order chi connectivity index (χ1) is 7.29. The van der Waals surface area contributed by atoms with Gasteiger partial charge in [0.15, 0.2) is 0 Å². The molecular weight excluding hydrogens is 210 g/mol. The summed E-state index contributed by atoms with van der Waals surface area (Å²) in [5.74, 6) is -0.437. The normalized spacial score (nSPS) is 17.5. The van der Waals surface area contributed by atoms with E-state index < -0.39 is 23.2 Å². The number of ether oxygens (including phenoxy) is 2. The summed E-state index contributed by atoms with van der Waals surface area (Å²) in [5.41, 5.74) is -1.45. The first kappa shape index (κ1) is 12.8. The van der Waals surface area contributed by atoms with Crippen LogP contribution in [-0.2, 0) is 14.3 Å². The van der Waals surface area contributed by atoms with Crippen LogP contribution >= 0.6 is 0 Å². The second-order valence-electron chi connectivity index (χ2n) is 4.84. The molecule has 1 fully saturated rings. The Morgan fingerprint density at radius 1 is 1.38 bits per heavy atom. The number of nitrogens with one attached hydrogen (secondary N) is 1. The van der Waals surface area contributed by atoms with E-state index in [1.807, 2.05) is 0 Å². The van der Waals surface area contributed by atoms with Gasteiger partial charge in [0.25, 0.3) is 0 Å². The molecule has 1 aliphatic rings. The minimum atomic E-state index is -0.875. The van der Waals surface area contributed by atoms with Crippen LogP contribution in [0.1, 0.15) is 33.6 Å². The van der Waals surface area contributed by atoms with Gasteiger partial charge in [-0.1, -0.05) is 0 Å². The third-order valence-corrected chi connectivity index (χ3v) is 2.11. The molecule has 16 heavy (non-hydrogen) atoms. The van der Waals surface area contributed by atoms with Crippen molar-refractivity contribution >= 4 is 12.1 Å². The van der Waals surface area contributed by atoms with Crippen LogP contribution in [-0.4, -0.2) is 29.8 Å². The molecule has 5 nitrogen and oxygen atoms in total. The zero-order valence-electron chi connectivity index (χ0n) is 9.96. The smallest absolute Gasteiger partial charge is 0.408 e. The van der Waals surface area contributed by atoms with Gasteiger partial charge in [0, 0.05) is 0 Å². The molecule has 0 atom stereocenters. The van der Waals surface area contributed by atoms with Gasteiger partial charge >= 0.3 is 12.1 Å². The lowest BCUT2D eigenvalue weighted by Gasteiger charge is -2.22. The Bertz CT molecular complexity index is 289. The van der Waals surface area contributed by atoms with Crippen LogP contribution in [0, 0.1) is 6.92 Å². The number of carbonyl (C=O) groups is 2. The van der Waals surface area contributed by atoms with E-state index in [1.165, 1.54) is 0 Å². The van der Waals surface area contributed by atoms with Crippen LogP contribution in [0.3, 0.4) is 0 Å². The highest BCUT2D eigenvalue weighted by Gasteiger charge is 2.53. The van der Waals surface area contributed by atoms with E-state index in [-0.39, 0.29) is 6.61 Å². The van der Waals surface area contributed by atoms with Crippen molar-refractivity contribution in [2.75, 3.05) is 6.61 Å². The highest BCUT2D eigenvalue weighted by atomic mass is 16.6. The molecule has 1 aliphatic carbocycles. The Hall–Kier alpha value is -1.26.